The van der Waals surface area contributed by atoms with E-state index in [1.807, 2.05) is 13.0 Å². The molecule has 2 aromatic rings. The van der Waals surface area contributed by atoms with Crippen LogP contribution in [0.3, 0.4) is 0 Å². The normalized spacial score (nSPS) is 11.2. The van der Waals surface area contributed by atoms with Gasteiger partial charge >= 0.3 is 6.09 Å². The Labute approximate surface area is 124 Å². The molecule has 0 aliphatic heterocycles. The van der Waals surface area contributed by atoms with Gasteiger partial charge in [0.2, 0.25) is 0 Å². The van der Waals surface area contributed by atoms with Crippen molar-refractivity contribution in [3.05, 3.63) is 41.7 Å². The van der Waals surface area contributed by atoms with E-state index >= 15 is 0 Å². The lowest BCUT2D eigenvalue weighted by molar-refractivity contribution is 0.215. The maximum absolute atomic E-state index is 11.8. The molecule has 1 amide bonds. The van der Waals surface area contributed by atoms with Crippen molar-refractivity contribution >= 4 is 11.9 Å². The molecule has 112 valence electrons. The highest BCUT2D eigenvalue weighted by molar-refractivity contribution is 5.86. The molecule has 5 heteroatoms. The summed E-state index contributed by atoms with van der Waals surface area (Å²) in [5.74, 6) is 1.65. The number of anilines is 1. The number of aromatic nitrogens is 1. The number of rotatable bonds is 4. The zero-order valence-electron chi connectivity index (χ0n) is 12.8. The number of amides is 1. The smallest absolute Gasteiger partial charge is 0.410 e. The van der Waals surface area contributed by atoms with Crippen LogP contribution >= 0.6 is 0 Å². The Bertz CT molecular complexity index is 618. The van der Waals surface area contributed by atoms with Crippen molar-refractivity contribution in [2.24, 2.45) is 0 Å². The first kappa shape index (κ1) is 15.1. The van der Waals surface area contributed by atoms with Gasteiger partial charge in [0.25, 0.3) is 0 Å². The molecular formula is C16H20N2O3. The van der Waals surface area contributed by atoms with Gasteiger partial charge in [-0.3, -0.25) is 5.32 Å². The van der Waals surface area contributed by atoms with Crippen molar-refractivity contribution in [3.8, 4) is 5.75 Å². The zero-order chi connectivity index (χ0) is 15.5. The monoisotopic (exact) mass is 288 g/mol. The van der Waals surface area contributed by atoms with Crippen LogP contribution in [0.2, 0.25) is 0 Å². The van der Waals surface area contributed by atoms with E-state index in [1.54, 1.807) is 24.3 Å². The molecule has 1 N–H and O–H groups in total. The van der Waals surface area contributed by atoms with Gasteiger partial charge in [-0.25, -0.2) is 4.79 Å². The molecule has 21 heavy (non-hydrogen) atoms. The van der Waals surface area contributed by atoms with Crippen LogP contribution in [0.5, 0.6) is 5.75 Å². The third-order valence-corrected chi connectivity index (χ3v) is 3.60. The highest BCUT2D eigenvalue weighted by atomic mass is 16.6. The van der Waals surface area contributed by atoms with Gasteiger partial charge in [0.1, 0.15) is 11.5 Å². The van der Waals surface area contributed by atoms with E-state index in [0.29, 0.717) is 11.6 Å². The molecule has 0 unspecified atom stereocenters. The lowest BCUT2D eigenvalue weighted by Gasteiger charge is -2.19. The SMILES string of the molecule is CCC(C)(C)c1onc(NC(=O)Oc2ccccc2)c1C. The Kier molecular flexibility index (Phi) is 4.31. The van der Waals surface area contributed by atoms with Crippen LogP contribution in [-0.2, 0) is 5.41 Å². The molecule has 5 nitrogen and oxygen atoms in total. The number of benzene rings is 1. The summed E-state index contributed by atoms with van der Waals surface area (Å²) in [7, 11) is 0. The summed E-state index contributed by atoms with van der Waals surface area (Å²) in [6, 6.07) is 8.87. The predicted molar refractivity (Wildman–Crippen MR) is 80.6 cm³/mol. The molecule has 0 spiro atoms. The molecule has 0 radical (unpaired) electrons. The fraction of sp³-hybridized carbons (Fsp3) is 0.375. The molecule has 0 bridgehead atoms. The standard InChI is InChI=1S/C16H20N2O3/c1-5-16(3,4)13-11(2)14(18-21-13)17-15(19)20-12-9-7-6-8-10-12/h6-10H,5H2,1-4H3,(H,17,18,19). The number of para-hydroxylation sites is 1. The van der Waals surface area contributed by atoms with Crippen molar-refractivity contribution in [1.82, 2.24) is 5.16 Å². The minimum absolute atomic E-state index is 0.125. The third kappa shape index (κ3) is 3.42. The Morgan fingerprint density at radius 2 is 2.00 bits per heavy atom. The highest BCUT2D eigenvalue weighted by Gasteiger charge is 2.28. The average Bonchev–Trinajstić information content (AvgIpc) is 2.82. The summed E-state index contributed by atoms with van der Waals surface area (Å²) in [5.41, 5.74) is 0.701. The summed E-state index contributed by atoms with van der Waals surface area (Å²) in [5, 5.41) is 6.53. The number of hydrogen-bond donors (Lipinski definition) is 1. The van der Waals surface area contributed by atoms with Crippen LogP contribution in [-0.4, -0.2) is 11.2 Å². The van der Waals surface area contributed by atoms with Crippen molar-refractivity contribution in [2.75, 3.05) is 5.32 Å². The zero-order valence-corrected chi connectivity index (χ0v) is 12.8. The van der Waals surface area contributed by atoms with Gasteiger partial charge in [0.05, 0.1) is 0 Å². The molecule has 1 heterocycles. The first-order valence-electron chi connectivity index (χ1n) is 6.94. The third-order valence-electron chi connectivity index (χ3n) is 3.60. The van der Waals surface area contributed by atoms with Gasteiger partial charge in [-0.1, -0.05) is 44.1 Å². The van der Waals surface area contributed by atoms with Crippen molar-refractivity contribution < 1.29 is 14.1 Å². The maximum atomic E-state index is 11.8. The summed E-state index contributed by atoms with van der Waals surface area (Å²) in [6.45, 7) is 8.11. The molecule has 0 fully saturated rings. The first-order chi connectivity index (χ1) is 9.94. The largest absolute Gasteiger partial charge is 0.418 e. The van der Waals surface area contributed by atoms with Crippen LogP contribution < -0.4 is 10.1 Å². The summed E-state index contributed by atoms with van der Waals surface area (Å²) >= 11 is 0. The molecule has 0 aliphatic rings. The number of ether oxygens (including phenoxy) is 1. The molecule has 0 saturated carbocycles. The number of carbonyl (C=O) groups excluding carboxylic acids is 1. The molecule has 0 aliphatic carbocycles. The lowest BCUT2D eigenvalue weighted by atomic mass is 9.85. The molecule has 2 rings (SSSR count). The first-order valence-corrected chi connectivity index (χ1v) is 6.94. The summed E-state index contributed by atoms with van der Waals surface area (Å²) < 4.78 is 10.5. The fourth-order valence-corrected chi connectivity index (χ4v) is 1.96. The number of carbonyl (C=O) groups is 1. The second kappa shape index (κ2) is 5.99. The average molecular weight is 288 g/mol. The molecular weight excluding hydrogens is 268 g/mol. The van der Waals surface area contributed by atoms with Crippen LogP contribution in [0.15, 0.2) is 34.9 Å². The van der Waals surface area contributed by atoms with E-state index in [-0.39, 0.29) is 5.41 Å². The topological polar surface area (TPSA) is 64.4 Å². The van der Waals surface area contributed by atoms with Crippen LogP contribution in [0.25, 0.3) is 0 Å². The Hall–Kier alpha value is -2.30. The van der Waals surface area contributed by atoms with Crippen molar-refractivity contribution in [1.29, 1.82) is 0 Å². The maximum Gasteiger partial charge on any atom is 0.418 e. The van der Waals surface area contributed by atoms with E-state index in [1.165, 1.54) is 0 Å². The van der Waals surface area contributed by atoms with Gasteiger partial charge in [0, 0.05) is 11.0 Å². The Morgan fingerprint density at radius 3 is 2.62 bits per heavy atom. The summed E-state index contributed by atoms with van der Waals surface area (Å²) in [4.78, 5) is 11.8. The fourth-order valence-electron chi connectivity index (χ4n) is 1.96. The van der Waals surface area contributed by atoms with E-state index < -0.39 is 6.09 Å². The van der Waals surface area contributed by atoms with Crippen molar-refractivity contribution in [2.45, 2.75) is 39.5 Å². The Balaban J connectivity index is 2.09. The number of hydrogen-bond acceptors (Lipinski definition) is 4. The molecule has 0 saturated heterocycles. The van der Waals surface area contributed by atoms with Gasteiger partial charge < -0.3 is 9.26 Å². The number of nitrogens with zero attached hydrogens (tertiary/aromatic N) is 1. The van der Waals surface area contributed by atoms with Crippen LogP contribution in [0.1, 0.15) is 38.5 Å². The van der Waals surface area contributed by atoms with Gasteiger partial charge in [0.15, 0.2) is 5.82 Å². The second-order valence-electron chi connectivity index (χ2n) is 5.55. The van der Waals surface area contributed by atoms with Gasteiger partial charge in [-0.05, 0) is 25.5 Å². The quantitative estimate of drug-likeness (QED) is 0.911. The second-order valence-corrected chi connectivity index (χ2v) is 5.55. The molecule has 1 aromatic heterocycles. The van der Waals surface area contributed by atoms with E-state index in [0.717, 1.165) is 17.7 Å². The van der Waals surface area contributed by atoms with Crippen LogP contribution in [0, 0.1) is 6.92 Å². The van der Waals surface area contributed by atoms with Gasteiger partial charge in [-0.15, -0.1) is 0 Å². The highest BCUT2D eigenvalue weighted by Crippen LogP contribution is 2.32. The summed E-state index contributed by atoms with van der Waals surface area (Å²) in [6.07, 6.45) is 0.329. The predicted octanol–water partition coefficient (Wildman–Crippen LogP) is 4.28. The van der Waals surface area contributed by atoms with Crippen LogP contribution in [0.4, 0.5) is 10.6 Å². The Morgan fingerprint density at radius 1 is 1.33 bits per heavy atom. The molecule has 1 aromatic carbocycles. The van der Waals surface area contributed by atoms with E-state index in [2.05, 4.69) is 31.2 Å². The van der Waals surface area contributed by atoms with Gasteiger partial charge in [-0.2, -0.15) is 0 Å². The lowest BCUT2D eigenvalue weighted by Crippen LogP contribution is -2.18. The number of nitrogens with one attached hydrogen (secondary N) is 1. The minimum atomic E-state index is -0.585. The molecule has 0 atom stereocenters. The van der Waals surface area contributed by atoms with Crippen molar-refractivity contribution in [3.63, 3.8) is 0 Å². The van der Waals surface area contributed by atoms with E-state index in [4.69, 9.17) is 9.26 Å². The van der Waals surface area contributed by atoms with E-state index in [9.17, 15) is 4.79 Å². The minimum Gasteiger partial charge on any atom is -0.410 e.